The van der Waals surface area contributed by atoms with Crippen LogP contribution >= 0.6 is 11.6 Å². The van der Waals surface area contributed by atoms with E-state index in [1.165, 1.54) is 12.8 Å². The Morgan fingerprint density at radius 2 is 1.97 bits per heavy atom. The highest BCUT2D eigenvalue weighted by atomic mass is 35.5. The Bertz CT molecular complexity index is 1100. The van der Waals surface area contributed by atoms with Crippen LogP contribution in [0.5, 0.6) is 0 Å². The molecule has 4 rings (SSSR count). The average molecular weight is 515 g/mol. The van der Waals surface area contributed by atoms with Gasteiger partial charge in [-0.15, -0.1) is 5.10 Å². The van der Waals surface area contributed by atoms with E-state index in [9.17, 15) is 14.7 Å². The topological polar surface area (TPSA) is 97.1 Å². The summed E-state index contributed by atoms with van der Waals surface area (Å²) in [7, 11) is 0. The van der Waals surface area contributed by atoms with Crippen LogP contribution in [0.25, 0.3) is 0 Å². The third-order valence-corrected chi connectivity index (χ3v) is 7.82. The average Bonchev–Trinajstić information content (AvgIpc) is 3.50. The number of nitrogens with zero attached hydrogens (tertiary/aromatic N) is 3. The number of halogens is 1. The standard InChI is InChI=1S/C28H39ClN4O3/c1-17-5-9-23(22(29)13-17)30-24(34)16-20(8-10-25(35)36)26-27(19-6-7-19)33(32-31-26)21-14-18(15-21)11-12-28(2,3)4/h5,9,13,18-21H,6-8,10-12,14-16H2,1-4H3,(H,30,34)(H,35,36). The van der Waals surface area contributed by atoms with Gasteiger partial charge in [-0.25, -0.2) is 4.68 Å². The number of hydrogen-bond acceptors (Lipinski definition) is 4. The second kappa shape index (κ2) is 10.9. The Balaban J connectivity index is 1.48. The molecule has 2 fully saturated rings. The summed E-state index contributed by atoms with van der Waals surface area (Å²) in [6, 6.07) is 5.85. The van der Waals surface area contributed by atoms with E-state index in [0.717, 1.165) is 48.6 Å². The summed E-state index contributed by atoms with van der Waals surface area (Å²) in [6.45, 7) is 8.81. The van der Waals surface area contributed by atoms with Gasteiger partial charge in [0.25, 0.3) is 0 Å². The first-order valence-electron chi connectivity index (χ1n) is 13.2. The van der Waals surface area contributed by atoms with E-state index in [4.69, 9.17) is 11.6 Å². The molecule has 36 heavy (non-hydrogen) atoms. The first-order chi connectivity index (χ1) is 17.0. The van der Waals surface area contributed by atoms with E-state index >= 15 is 0 Å². The molecule has 2 aliphatic carbocycles. The minimum Gasteiger partial charge on any atom is -0.481 e. The summed E-state index contributed by atoms with van der Waals surface area (Å²) < 4.78 is 2.11. The zero-order valence-corrected chi connectivity index (χ0v) is 22.6. The van der Waals surface area contributed by atoms with Gasteiger partial charge in [0.1, 0.15) is 0 Å². The maximum atomic E-state index is 13.0. The number of carboxylic acids is 1. The van der Waals surface area contributed by atoms with Gasteiger partial charge in [-0.1, -0.05) is 43.7 Å². The van der Waals surface area contributed by atoms with Crippen molar-refractivity contribution >= 4 is 29.2 Å². The number of benzene rings is 1. The van der Waals surface area contributed by atoms with E-state index in [0.29, 0.717) is 34.5 Å². The molecule has 0 saturated heterocycles. The molecule has 2 saturated carbocycles. The van der Waals surface area contributed by atoms with Gasteiger partial charge in [-0.3, -0.25) is 9.59 Å². The van der Waals surface area contributed by atoms with Gasteiger partial charge >= 0.3 is 5.97 Å². The van der Waals surface area contributed by atoms with Crippen LogP contribution in [-0.4, -0.2) is 32.0 Å². The maximum Gasteiger partial charge on any atom is 0.303 e. The minimum atomic E-state index is -0.872. The van der Waals surface area contributed by atoms with Crippen LogP contribution < -0.4 is 5.32 Å². The summed E-state index contributed by atoms with van der Waals surface area (Å²) in [4.78, 5) is 24.4. The van der Waals surface area contributed by atoms with E-state index in [-0.39, 0.29) is 24.7 Å². The first kappa shape index (κ1) is 26.6. The van der Waals surface area contributed by atoms with E-state index in [1.54, 1.807) is 6.07 Å². The van der Waals surface area contributed by atoms with Crippen molar-refractivity contribution in [3.63, 3.8) is 0 Å². The van der Waals surface area contributed by atoms with Crippen molar-refractivity contribution in [1.82, 2.24) is 15.0 Å². The predicted octanol–water partition coefficient (Wildman–Crippen LogP) is 6.87. The lowest BCUT2D eigenvalue weighted by atomic mass is 9.74. The molecule has 2 aliphatic rings. The number of aromatic nitrogens is 3. The van der Waals surface area contributed by atoms with Gasteiger partial charge in [0.15, 0.2) is 0 Å². The normalized spacial score (nSPS) is 20.6. The van der Waals surface area contributed by atoms with Gasteiger partial charge in [0.2, 0.25) is 5.91 Å². The highest BCUT2D eigenvalue weighted by molar-refractivity contribution is 6.33. The molecule has 0 spiro atoms. The predicted molar refractivity (Wildman–Crippen MR) is 141 cm³/mol. The molecule has 7 nitrogen and oxygen atoms in total. The number of carbonyl (C=O) groups is 2. The third-order valence-electron chi connectivity index (χ3n) is 7.51. The molecule has 1 aromatic heterocycles. The van der Waals surface area contributed by atoms with Crippen molar-refractivity contribution in [2.24, 2.45) is 11.3 Å². The molecule has 1 atom stereocenters. The van der Waals surface area contributed by atoms with Crippen LogP contribution in [0.1, 0.15) is 113 Å². The van der Waals surface area contributed by atoms with Crippen molar-refractivity contribution in [2.75, 3.05) is 5.32 Å². The quantitative estimate of drug-likeness (QED) is 0.341. The van der Waals surface area contributed by atoms with Crippen LogP contribution in [0.15, 0.2) is 18.2 Å². The minimum absolute atomic E-state index is 0.0154. The summed E-state index contributed by atoms with van der Waals surface area (Å²) in [6.07, 6.45) is 7.36. The molecule has 196 valence electrons. The SMILES string of the molecule is Cc1ccc(NC(=O)CC(CCC(=O)O)c2nnn(C3CC(CCC(C)(C)C)C3)c2C2CC2)c(Cl)c1. The van der Waals surface area contributed by atoms with Crippen LogP contribution in [0.4, 0.5) is 5.69 Å². The zero-order valence-electron chi connectivity index (χ0n) is 21.9. The summed E-state index contributed by atoms with van der Waals surface area (Å²) in [5.41, 5.74) is 3.87. The molecule has 1 heterocycles. The Labute approximate surface area is 219 Å². The molecule has 0 aliphatic heterocycles. The largest absolute Gasteiger partial charge is 0.481 e. The van der Waals surface area contributed by atoms with Crippen LogP contribution in [0.3, 0.4) is 0 Å². The van der Waals surface area contributed by atoms with Crippen LogP contribution in [-0.2, 0) is 9.59 Å². The van der Waals surface area contributed by atoms with Crippen molar-refractivity contribution in [3.05, 3.63) is 40.2 Å². The Morgan fingerprint density at radius 3 is 2.58 bits per heavy atom. The molecule has 1 unspecified atom stereocenters. The second-order valence-electron chi connectivity index (χ2n) is 12.0. The van der Waals surface area contributed by atoms with Crippen LogP contribution in [0.2, 0.25) is 5.02 Å². The van der Waals surface area contributed by atoms with Gasteiger partial charge in [0.05, 0.1) is 28.1 Å². The van der Waals surface area contributed by atoms with Crippen molar-refractivity contribution in [2.45, 2.75) is 103 Å². The molecule has 0 bridgehead atoms. The number of carboxylic acid groups (broad SMARTS) is 1. The van der Waals surface area contributed by atoms with E-state index in [1.807, 2.05) is 19.1 Å². The highest BCUT2D eigenvalue weighted by Gasteiger charge is 2.40. The molecule has 0 radical (unpaired) electrons. The lowest BCUT2D eigenvalue weighted by Crippen LogP contribution is -2.29. The van der Waals surface area contributed by atoms with Crippen molar-refractivity contribution < 1.29 is 14.7 Å². The number of carbonyl (C=O) groups excluding carboxylic acids is 1. The Hall–Kier alpha value is -2.41. The number of nitrogens with one attached hydrogen (secondary N) is 1. The lowest BCUT2D eigenvalue weighted by molar-refractivity contribution is -0.137. The van der Waals surface area contributed by atoms with Gasteiger partial charge in [-0.2, -0.15) is 0 Å². The van der Waals surface area contributed by atoms with Crippen molar-refractivity contribution in [3.8, 4) is 0 Å². The lowest BCUT2D eigenvalue weighted by Gasteiger charge is -2.37. The molecule has 8 heteroatoms. The first-order valence-corrected chi connectivity index (χ1v) is 13.6. The fourth-order valence-electron chi connectivity index (χ4n) is 5.18. The highest BCUT2D eigenvalue weighted by Crippen LogP contribution is 2.49. The summed E-state index contributed by atoms with van der Waals surface area (Å²) in [5, 5.41) is 21.9. The fourth-order valence-corrected chi connectivity index (χ4v) is 5.46. The van der Waals surface area contributed by atoms with Crippen LogP contribution in [0, 0.1) is 18.3 Å². The number of anilines is 1. The zero-order chi connectivity index (χ0) is 26.0. The smallest absolute Gasteiger partial charge is 0.303 e. The summed E-state index contributed by atoms with van der Waals surface area (Å²) >= 11 is 6.31. The molecular weight excluding hydrogens is 476 g/mol. The van der Waals surface area contributed by atoms with Crippen molar-refractivity contribution in [1.29, 1.82) is 0 Å². The van der Waals surface area contributed by atoms with Gasteiger partial charge in [-0.05, 0) is 80.9 Å². The number of aliphatic carboxylic acids is 1. The Kier molecular flexibility index (Phi) is 8.08. The number of aryl methyl sites for hydroxylation is 1. The molecule has 1 aromatic carbocycles. The maximum absolute atomic E-state index is 13.0. The molecule has 2 aromatic rings. The third kappa shape index (κ3) is 6.87. The van der Waals surface area contributed by atoms with Gasteiger partial charge < -0.3 is 10.4 Å². The number of rotatable bonds is 11. The molecule has 2 N–H and O–H groups in total. The number of amides is 1. The van der Waals surface area contributed by atoms with E-state index in [2.05, 4.69) is 41.1 Å². The van der Waals surface area contributed by atoms with E-state index < -0.39 is 5.97 Å². The van der Waals surface area contributed by atoms with Gasteiger partial charge in [0, 0.05) is 24.7 Å². The second-order valence-corrected chi connectivity index (χ2v) is 12.4. The molecular formula is C28H39ClN4O3. The fraction of sp³-hybridized carbons (Fsp3) is 0.643. The number of hydrogen-bond donors (Lipinski definition) is 2. The monoisotopic (exact) mass is 514 g/mol. The summed E-state index contributed by atoms with van der Waals surface area (Å²) in [5.74, 6) is -0.236. The molecule has 1 amide bonds. The Morgan fingerprint density at radius 1 is 1.25 bits per heavy atom.